The minimum absolute atomic E-state index is 0. The van der Waals surface area contributed by atoms with Crippen molar-refractivity contribution in [2.75, 3.05) is 13.6 Å². The molecule has 0 radical (unpaired) electrons. The van der Waals surface area contributed by atoms with Gasteiger partial charge in [-0.1, -0.05) is 70.4 Å². The van der Waals surface area contributed by atoms with Crippen LogP contribution in [0.5, 0.6) is 0 Å². The Morgan fingerprint density at radius 1 is 0.808 bits per heavy atom. The van der Waals surface area contributed by atoms with Gasteiger partial charge in [-0.25, -0.2) is 0 Å². The summed E-state index contributed by atoms with van der Waals surface area (Å²) in [5.41, 5.74) is 0. The number of carbonyl (C=O) groups excluding carboxylic acids is 2. The third-order valence-corrected chi connectivity index (χ3v) is 4.19. The zero-order valence-corrected chi connectivity index (χ0v) is 19.5. The van der Waals surface area contributed by atoms with Gasteiger partial charge in [-0.3, -0.25) is 9.59 Å². The third kappa shape index (κ3) is 21.9. The summed E-state index contributed by atoms with van der Waals surface area (Å²) < 4.78 is 4.66. The molecule has 0 aliphatic carbocycles. The molecular weight excluding hydrogens is 337 g/mol. The van der Waals surface area contributed by atoms with E-state index in [1.807, 2.05) is 0 Å². The van der Waals surface area contributed by atoms with Crippen molar-refractivity contribution in [3.05, 3.63) is 12.2 Å². The molecular formula is C21H40NNaO3. The molecule has 0 bridgehead atoms. The molecule has 0 spiro atoms. The van der Waals surface area contributed by atoms with E-state index in [0.29, 0.717) is 6.42 Å². The molecule has 0 saturated carbocycles. The molecule has 26 heavy (non-hydrogen) atoms. The van der Waals surface area contributed by atoms with Crippen molar-refractivity contribution in [1.82, 2.24) is 5.32 Å². The van der Waals surface area contributed by atoms with Crippen molar-refractivity contribution in [1.29, 1.82) is 0 Å². The monoisotopic (exact) mass is 377 g/mol. The molecule has 0 aromatic heterocycles. The first-order chi connectivity index (χ1) is 12.2. The van der Waals surface area contributed by atoms with Crippen LogP contribution < -0.4 is 34.9 Å². The van der Waals surface area contributed by atoms with E-state index in [1.165, 1.54) is 57.8 Å². The van der Waals surface area contributed by atoms with E-state index in [0.717, 1.165) is 25.7 Å². The molecule has 0 aliphatic rings. The Balaban J connectivity index is -0.00000288. The van der Waals surface area contributed by atoms with Crippen LogP contribution in [0, 0.1) is 0 Å². The van der Waals surface area contributed by atoms with Crippen LogP contribution >= 0.6 is 0 Å². The Morgan fingerprint density at radius 3 is 1.85 bits per heavy atom. The van der Waals surface area contributed by atoms with E-state index < -0.39 is 11.9 Å². The van der Waals surface area contributed by atoms with E-state index in [9.17, 15) is 9.59 Å². The van der Waals surface area contributed by atoms with Crippen LogP contribution in [0.2, 0.25) is 0 Å². The molecule has 0 atom stereocenters. The number of likely N-dealkylation sites (N-methyl/N-ethyl adjacent to an activating group) is 1. The number of hydrogen-bond donors (Lipinski definition) is 1. The first-order valence-electron chi connectivity index (χ1n) is 10.2. The second kappa shape index (κ2) is 22.9. The molecule has 0 fully saturated rings. The number of esters is 2. The van der Waals surface area contributed by atoms with Crippen molar-refractivity contribution >= 4 is 11.9 Å². The molecule has 148 valence electrons. The van der Waals surface area contributed by atoms with Gasteiger partial charge in [-0.2, -0.15) is 0 Å². The van der Waals surface area contributed by atoms with Gasteiger partial charge in [0, 0.05) is 6.42 Å². The van der Waals surface area contributed by atoms with Gasteiger partial charge in [0.1, 0.15) is 0 Å². The predicted molar refractivity (Wildman–Crippen MR) is 106 cm³/mol. The van der Waals surface area contributed by atoms with Gasteiger partial charge >= 0.3 is 41.5 Å². The van der Waals surface area contributed by atoms with E-state index in [1.54, 1.807) is 7.05 Å². The number of hydrogen-bond acceptors (Lipinski definition) is 4. The molecule has 0 saturated heterocycles. The molecule has 0 heterocycles. The van der Waals surface area contributed by atoms with Crippen LogP contribution in [-0.2, 0) is 14.3 Å². The molecule has 0 aromatic carbocycles. The summed E-state index contributed by atoms with van der Waals surface area (Å²) in [6.07, 6.45) is 20.9. The molecule has 1 N–H and O–H groups in total. The van der Waals surface area contributed by atoms with Crippen LogP contribution in [0.15, 0.2) is 12.2 Å². The van der Waals surface area contributed by atoms with Crippen molar-refractivity contribution in [2.24, 2.45) is 0 Å². The van der Waals surface area contributed by atoms with Crippen LogP contribution in [0.1, 0.15) is 98.2 Å². The van der Waals surface area contributed by atoms with Crippen LogP contribution in [0.4, 0.5) is 0 Å². The van der Waals surface area contributed by atoms with Crippen molar-refractivity contribution in [3.63, 3.8) is 0 Å². The van der Waals surface area contributed by atoms with Gasteiger partial charge < -0.3 is 11.5 Å². The standard InChI is InChI=1S/C21H39NO3.Na.H/c1-3-4-5-6-7-8-9-10-11-12-13-14-15-16-17-18-20(23)25-21(24)19-22-2;;/h10-11,22H,3-9,12-19H2,1-2H3;;/q;+1;-1/b11-10-;;. The summed E-state index contributed by atoms with van der Waals surface area (Å²) in [7, 11) is 1.65. The molecule has 0 rings (SSSR count). The van der Waals surface area contributed by atoms with Crippen molar-refractivity contribution < 1.29 is 45.3 Å². The summed E-state index contributed by atoms with van der Waals surface area (Å²) >= 11 is 0. The summed E-state index contributed by atoms with van der Waals surface area (Å²) in [6, 6.07) is 0. The molecule has 4 nitrogen and oxygen atoms in total. The maximum Gasteiger partial charge on any atom is 1.00 e. The first kappa shape index (κ1) is 28.1. The Bertz CT molecular complexity index is 365. The normalized spacial score (nSPS) is 10.7. The Hall–Kier alpha value is -0.160. The van der Waals surface area contributed by atoms with Crippen molar-refractivity contribution in [2.45, 2.75) is 96.8 Å². The summed E-state index contributed by atoms with van der Waals surface area (Å²) in [6.45, 7) is 2.34. The van der Waals surface area contributed by atoms with Crippen LogP contribution in [-0.4, -0.2) is 25.5 Å². The molecule has 0 aromatic rings. The Morgan fingerprint density at radius 2 is 1.31 bits per heavy atom. The molecule has 5 heteroatoms. The fourth-order valence-electron chi connectivity index (χ4n) is 2.70. The molecule has 0 amide bonds. The summed E-state index contributed by atoms with van der Waals surface area (Å²) in [5, 5.41) is 2.66. The number of nitrogens with one attached hydrogen (secondary N) is 1. The molecule has 0 aliphatic heterocycles. The average molecular weight is 378 g/mol. The smallest absolute Gasteiger partial charge is 1.00 e. The first-order valence-corrected chi connectivity index (χ1v) is 10.2. The fourth-order valence-corrected chi connectivity index (χ4v) is 2.70. The van der Waals surface area contributed by atoms with Gasteiger partial charge in [0.25, 0.3) is 0 Å². The SMILES string of the molecule is CCCCCCCC/C=C\CCCCCCCC(=O)OC(=O)CNC.[H-].[Na+]. The van der Waals surface area contributed by atoms with Crippen molar-refractivity contribution in [3.8, 4) is 0 Å². The number of carbonyl (C=O) groups is 2. The second-order valence-corrected chi connectivity index (χ2v) is 6.71. The second-order valence-electron chi connectivity index (χ2n) is 6.71. The summed E-state index contributed by atoms with van der Waals surface area (Å²) in [5.74, 6) is -0.905. The molecule has 0 unspecified atom stereocenters. The van der Waals surface area contributed by atoms with Gasteiger partial charge in [-0.05, 0) is 39.2 Å². The number of allylic oxidation sites excluding steroid dienone is 2. The Kier molecular flexibility index (Phi) is 24.7. The van der Waals surface area contributed by atoms with Gasteiger partial charge in [-0.15, -0.1) is 0 Å². The van der Waals surface area contributed by atoms with Gasteiger partial charge in [0.15, 0.2) is 0 Å². The average Bonchev–Trinajstić information content (AvgIpc) is 2.58. The predicted octanol–water partition coefficient (Wildman–Crippen LogP) is 2.43. The largest absolute Gasteiger partial charge is 1.00 e. The van der Waals surface area contributed by atoms with E-state index in [4.69, 9.17) is 0 Å². The topological polar surface area (TPSA) is 55.4 Å². The minimum Gasteiger partial charge on any atom is -1.00 e. The zero-order valence-electron chi connectivity index (χ0n) is 18.5. The Labute approximate surface area is 184 Å². The van der Waals surface area contributed by atoms with Gasteiger partial charge in [0.05, 0.1) is 6.54 Å². The fraction of sp³-hybridized carbons (Fsp3) is 0.810. The minimum atomic E-state index is -0.500. The number of rotatable bonds is 17. The number of ether oxygens (including phenoxy) is 1. The van der Waals surface area contributed by atoms with E-state index in [2.05, 4.69) is 29.1 Å². The maximum atomic E-state index is 11.4. The summed E-state index contributed by atoms with van der Waals surface area (Å²) in [4.78, 5) is 22.5. The maximum absolute atomic E-state index is 11.4. The van der Waals surface area contributed by atoms with E-state index >= 15 is 0 Å². The quantitative estimate of drug-likeness (QED) is 0.139. The zero-order chi connectivity index (χ0) is 18.6. The van der Waals surface area contributed by atoms with Crippen LogP contribution in [0.25, 0.3) is 0 Å². The van der Waals surface area contributed by atoms with Gasteiger partial charge in [0.2, 0.25) is 0 Å². The van der Waals surface area contributed by atoms with E-state index in [-0.39, 0.29) is 37.5 Å². The third-order valence-electron chi connectivity index (χ3n) is 4.19. The van der Waals surface area contributed by atoms with Crippen LogP contribution in [0.3, 0.4) is 0 Å². The number of unbranched alkanes of at least 4 members (excludes halogenated alkanes) is 11.